The minimum absolute atomic E-state index is 0.182. The van der Waals surface area contributed by atoms with Crippen molar-refractivity contribution in [3.05, 3.63) is 40.8 Å². The topological polar surface area (TPSA) is 71.5 Å². The lowest BCUT2D eigenvalue weighted by atomic mass is 10.2. The molecular weight excluding hydrogens is 322 g/mol. The summed E-state index contributed by atoms with van der Waals surface area (Å²) >= 11 is 1.60. The lowest BCUT2D eigenvalue weighted by Crippen LogP contribution is -2.42. The molecule has 1 aromatic heterocycles. The van der Waals surface area contributed by atoms with Crippen LogP contribution in [0.5, 0.6) is 5.75 Å². The number of hydrogen-bond acceptors (Lipinski definition) is 6. The maximum Gasteiger partial charge on any atom is 0.244 e. The average Bonchev–Trinajstić information content (AvgIpc) is 3.08. The van der Waals surface area contributed by atoms with Gasteiger partial charge in [0.25, 0.3) is 0 Å². The zero-order chi connectivity index (χ0) is 15.2. The number of para-hydroxylation sites is 1. The van der Waals surface area contributed by atoms with Gasteiger partial charge in [-0.25, -0.2) is 18.1 Å². The van der Waals surface area contributed by atoms with Gasteiger partial charge in [0.1, 0.15) is 21.8 Å². The highest BCUT2D eigenvalue weighted by Gasteiger charge is 2.41. The van der Waals surface area contributed by atoms with E-state index in [1.807, 2.05) is 5.38 Å². The third-order valence-corrected chi connectivity index (χ3v) is 6.20. The van der Waals surface area contributed by atoms with Crippen LogP contribution in [0.1, 0.15) is 5.01 Å². The van der Waals surface area contributed by atoms with Gasteiger partial charge in [-0.15, -0.1) is 11.3 Å². The number of rotatable bonds is 2. The van der Waals surface area contributed by atoms with E-state index in [-0.39, 0.29) is 17.0 Å². The fourth-order valence-electron chi connectivity index (χ4n) is 2.93. The van der Waals surface area contributed by atoms with Gasteiger partial charge in [-0.1, -0.05) is 12.1 Å². The number of nitrogens with zero attached hydrogens (tertiary/aromatic N) is 2. The van der Waals surface area contributed by atoms with Gasteiger partial charge in [-0.05, 0) is 12.1 Å². The summed E-state index contributed by atoms with van der Waals surface area (Å²) in [4.78, 5) is 6.67. The summed E-state index contributed by atoms with van der Waals surface area (Å²) in [5, 5.41) is 2.97. The molecule has 116 valence electrons. The van der Waals surface area contributed by atoms with Crippen LogP contribution in [0.4, 0.5) is 0 Å². The molecule has 2 aromatic rings. The fraction of sp³-hybridized carbons (Fsp3) is 0.357. The monoisotopic (exact) mass is 337 g/mol. The molecule has 2 aliphatic rings. The molecule has 4 rings (SSSR count). The van der Waals surface area contributed by atoms with E-state index >= 15 is 0 Å². The summed E-state index contributed by atoms with van der Waals surface area (Å²) in [6.07, 6.45) is 1.60. The van der Waals surface area contributed by atoms with Crippen molar-refractivity contribution in [2.75, 3.05) is 13.1 Å². The summed E-state index contributed by atoms with van der Waals surface area (Å²) in [5.41, 5.74) is 0. The van der Waals surface area contributed by atoms with Crippen LogP contribution in [0.25, 0.3) is 0 Å². The first-order chi connectivity index (χ1) is 10.6. The molecule has 0 bridgehead atoms. The predicted molar refractivity (Wildman–Crippen MR) is 82.4 cm³/mol. The second-order valence-corrected chi connectivity index (χ2v) is 8.11. The van der Waals surface area contributed by atoms with E-state index in [2.05, 4.69) is 14.6 Å². The third-order valence-electron chi connectivity index (χ3n) is 3.91. The quantitative estimate of drug-likeness (QED) is 0.887. The number of fused-ring (bicyclic) bond motifs is 2. The SMILES string of the molecule is O=S1(=O)NC2CN(Cc3nccs3)CC2Oc2ccccc21. The Bertz CT molecular complexity index is 776. The molecule has 6 nitrogen and oxygen atoms in total. The Hall–Kier alpha value is -1.48. The minimum Gasteiger partial charge on any atom is -0.486 e. The molecule has 0 spiro atoms. The first-order valence-electron chi connectivity index (χ1n) is 7.00. The van der Waals surface area contributed by atoms with Gasteiger partial charge in [-0.2, -0.15) is 0 Å². The van der Waals surface area contributed by atoms with E-state index in [1.54, 1.807) is 41.8 Å². The molecule has 1 saturated heterocycles. The van der Waals surface area contributed by atoms with Crippen molar-refractivity contribution in [3.8, 4) is 5.75 Å². The van der Waals surface area contributed by atoms with Crippen molar-refractivity contribution in [1.82, 2.24) is 14.6 Å². The van der Waals surface area contributed by atoms with Gasteiger partial charge in [0.2, 0.25) is 10.0 Å². The van der Waals surface area contributed by atoms with Crippen molar-refractivity contribution < 1.29 is 13.2 Å². The maximum absolute atomic E-state index is 12.4. The summed E-state index contributed by atoms with van der Waals surface area (Å²) < 4.78 is 33.6. The van der Waals surface area contributed by atoms with Crippen molar-refractivity contribution in [2.45, 2.75) is 23.6 Å². The molecule has 8 heteroatoms. The Labute approximate surface area is 132 Å². The van der Waals surface area contributed by atoms with Crippen LogP contribution in [0.15, 0.2) is 40.7 Å². The molecule has 1 fully saturated rings. The van der Waals surface area contributed by atoms with E-state index in [0.29, 0.717) is 18.8 Å². The highest BCUT2D eigenvalue weighted by atomic mass is 32.2. The number of hydrogen-bond donors (Lipinski definition) is 1. The Morgan fingerprint density at radius 1 is 1.36 bits per heavy atom. The molecule has 1 N–H and O–H groups in total. The first-order valence-corrected chi connectivity index (χ1v) is 9.37. The average molecular weight is 337 g/mol. The molecule has 2 aliphatic heterocycles. The standard InChI is InChI=1S/C14H15N3O3S2/c18-22(19)13-4-2-1-3-11(13)20-12-8-17(7-10(12)16-22)9-14-15-5-6-21-14/h1-6,10,12,16H,7-9H2. The second kappa shape index (κ2) is 5.31. The van der Waals surface area contributed by atoms with Crippen LogP contribution in [-0.4, -0.2) is 43.5 Å². The van der Waals surface area contributed by atoms with Gasteiger partial charge in [0.15, 0.2) is 0 Å². The molecule has 0 amide bonds. The van der Waals surface area contributed by atoms with E-state index < -0.39 is 10.0 Å². The van der Waals surface area contributed by atoms with Crippen molar-refractivity contribution >= 4 is 21.4 Å². The van der Waals surface area contributed by atoms with Crippen LogP contribution in [0.2, 0.25) is 0 Å². The molecule has 1 aromatic carbocycles. The van der Waals surface area contributed by atoms with Crippen LogP contribution >= 0.6 is 11.3 Å². The highest BCUT2D eigenvalue weighted by molar-refractivity contribution is 7.89. The Kier molecular flexibility index (Phi) is 3.41. The number of benzene rings is 1. The Morgan fingerprint density at radius 3 is 3.05 bits per heavy atom. The van der Waals surface area contributed by atoms with Crippen LogP contribution in [-0.2, 0) is 16.6 Å². The zero-order valence-corrected chi connectivity index (χ0v) is 13.3. The molecule has 0 radical (unpaired) electrons. The van der Waals surface area contributed by atoms with Crippen LogP contribution in [0, 0.1) is 0 Å². The van der Waals surface area contributed by atoms with E-state index in [1.165, 1.54) is 0 Å². The number of sulfonamides is 1. The van der Waals surface area contributed by atoms with E-state index in [4.69, 9.17) is 4.74 Å². The summed E-state index contributed by atoms with van der Waals surface area (Å²) in [6, 6.07) is 6.54. The molecule has 22 heavy (non-hydrogen) atoms. The number of ether oxygens (including phenoxy) is 1. The fourth-order valence-corrected chi connectivity index (χ4v) is 4.98. The van der Waals surface area contributed by atoms with Gasteiger partial charge in [0, 0.05) is 24.7 Å². The van der Waals surface area contributed by atoms with Gasteiger partial charge < -0.3 is 4.74 Å². The number of likely N-dealkylation sites (tertiary alicyclic amines) is 1. The minimum atomic E-state index is -3.53. The molecule has 0 aliphatic carbocycles. The lowest BCUT2D eigenvalue weighted by Gasteiger charge is -2.16. The number of aromatic nitrogens is 1. The van der Waals surface area contributed by atoms with Gasteiger partial charge >= 0.3 is 0 Å². The molecule has 3 heterocycles. The van der Waals surface area contributed by atoms with Crippen molar-refractivity contribution in [1.29, 1.82) is 0 Å². The Morgan fingerprint density at radius 2 is 2.23 bits per heavy atom. The van der Waals surface area contributed by atoms with Gasteiger partial charge in [-0.3, -0.25) is 4.90 Å². The predicted octanol–water partition coefficient (Wildman–Crippen LogP) is 1.07. The normalized spacial score (nSPS) is 26.7. The van der Waals surface area contributed by atoms with Crippen molar-refractivity contribution in [3.63, 3.8) is 0 Å². The van der Waals surface area contributed by atoms with Crippen LogP contribution in [0.3, 0.4) is 0 Å². The highest BCUT2D eigenvalue weighted by Crippen LogP contribution is 2.31. The number of nitrogens with one attached hydrogen (secondary N) is 1. The lowest BCUT2D eigenvalue weighted by molar-refractivity contribution is 0.184. The van der Waals surface area contributed by atoms with Gasteiger partial charge in [0.05, 0.1) is 12.6 Å². The summed E-state index contributed by atoms with van der Waals surface area (Å²) in [7, 11) is -3.53. The smallest absolute Gasteiger partial charge is 0.244 e. The van der Waals surface area contributed by atoms with Crippen LogP contribution < -0.4 is 9.46 Å². The zero-order valence-electron chi connectivity index (χ0n) is 11.7. The molecular formula is C14H15N3O3S2. The molecule has 2 atom stereocenters. The van der Waals surface area contributed by atoms with E-state index in [0.717, 1.165) is 11.6 Å². The molecule has 2 unspecified atom stereocenters. The largest absolute Gasteiger partial charge is 0.486 e. The third kappa shape index (κ3) is 2.52. The Balaban J connectivity index is 1.59. The van der Waals surface area contributed by atoms with Crippen molar-refractivity contribution in [2.24, 2.45) is 0 Å². The summed E-state index contributed by atoms with van der Waals surface area (Å²) in [5.74, 6) is 0.429. The maximum atomic E-state index is 12.4. The second-order valence-electron chi connectivity index (χ2n) is 5.45. The molecule has 0 saturated carbocycles. The van der Waals surface area contributed by atoms with E-state index in [9.17, 15) is 8.42 Å². The summed E-state index contributed by atoms with van der Waals surface area (Å²) in [6.45, 7) is 2.02. The first kappa shape index (κ1) is 14.1. The number of thiazole rings is 1.